The smallest absolute Gasteiger partial charge is 0.331 e. The number of nitrogens with zero attached hydrogens (tertiary/aromatic N) is 1. The molecule has 4 nitrogen and oxygen atoms in total. The van der Waals surface area contributed by atoms with E-state index in [1.807, 2.05) is 0 Å². The summed E-state index contributed by atoms with van der Waals surface area (Å²) in [6.07, 6.45) is 3.18. The summed E-state index contributed by atoms with van der Waals surface area (Å²) < 4.78 is 13.4. The predicted octanol–water partition coefficient (Wildman–Crippen LogP) is 1.61. The third-order valence-corrected chi connectivity index (χ3v) is 2.97. The van der Waals surface area contributed by atoms with Gasteiger partial charge >= 0.3 is 6.03 Å². The van der Waals surface area contributed by atoms with Crippen LogP contribution in [0.15, 0.2) is 0 Å². The Morgan fingerprint density at radius 2 is 2.13 bits per heavy atom. The van der Waals surface area contributed by atoms with Crippen molar-refractivity contribution in [3.05, 3.63) is 0 Å². The number of amides is 2. The van der Waals surface area contributed by atoms with E-state index in [-0.39, 0.29) is 12.1 Å². The Bertz CT molecular complexity index is 231. The molecule has 2 rings (SSSR count). The molecule has 0 spiro atoms. The van der Waals surface area contributed by atoms with Crippen molar-refractivity contribution >= 4 is 6.03 Å². The summed E-state index contributed by atoms with van der Waals surface area (Å²) in [6.45, 7) is 1.19. The Kier molecular flexibility index (Phi) is 3.41. The Labute approximate surface area is 88.7 Å². The van der Waals surface area contributed by atoms with Gasteiger partial charge in [-0.2, -0.15) is 0 Å². The maximum Gasteiger partial charge on any atom is 0.341 e. The summed E-state index contributed by atoms with van der Waals surface area (Å²) >= 11 is 0. The van der Waals surface area contributed by atoms with Crippen molar-refractivity contribution in [3.8, 4) is 0 Å². The number of nitrogens with one attached hydrogen (secondary N) is 1. The van der Waals surface area contributed by atoms with Crippen LogP contribution in [0.5, 0.6) is 0 Å². The summed E-state index contributed by atoms with van der Waals surface area (Å²) in [4.78, 5) is 16.7. The molecule has 1 saturated carbocycles. The molecule has 15 heavy (non-hydrogen) atoms. The minimum absolute atomic E-state index is 0.290. The number of carbonyl (C=O) groups excluding carboxylic acids is 1. The highest BCUT2D eigenvalue weighted by molar-refractivity contribution is 5.73. The summed E-state index contributed by atoms with van der Waals surface area (Å²) in [5.41, 5.74) is 0. The van der Waals surface area contributed by atoms with E-state index in [0.29, 0.717) is 19.6 Å². The van der Waals surface area contributed by atoms with E-state index in [1.54, 1.807) is 0 Å². The fraction of sp³-hybridized carbons (Fsp3) is 0.900. The van der Waals surface area contributed by atoms with Crippen molar-refractivity contribution in [2.75, 3.05) is 13.2 Å². The average Bonchev–Trinajstić information content (AvgIpc) is 2.74. The second-order valence-corrected chi connectivity index (χ2v) is 4.15. The molecule has 2 aliphatic rings. The second-order valence-electron chi connectivity index (χ2n) is 4.15. The molecule has 0 aromatic carbocycles. The fourth-order valence-electron chi connectivity index (χ4n) is 2.09. The molecule has 0 aromatic heterocycles. The van der Waals surface area contributed by atoms with E-state index in [4.69, 9.17) is 4.84 Å². The van der Waals surface area contributed by atoms with E-state index in [9.17, 15) is 9.18 Å². The van der Waals surface area contributed by atoms with Crippen molar-refractivity contribution in [2.24, 2.45) is 0 Å². The molecule has 0 radical (unpaired) electrons. The van der Waals surface area contributed by atoms with Crippen LogP contribution < -0.4 is 5.32 Å². The van der Waals surface area contributed by atoms with E-state index < -0.39 is 6.17 Å². The molecule has 86 valence electrons. The largest absolute Gasteiger partial charge is 0.341 e. The second kappa shape index (κ2) is 4.79. The number of hydroxylamine groups is 2. The zero-order valence-corrected chi connectivity index (χ0v) is 8.75. The number of hydrogen-bond acceptors (Lipinski definition) is 2. The monoisotopic (exact) mass is 216 g/mol. The van der Waals surface area contributed by atoms with Crippen LogP contribution in [0, 0.1) is 0 Å². The van der Waals surface area contributed by atoms with E-state index in [0.717, 1.165) is 25.7 Å². The molecule has 5 heteroatoms. The van der Waals surface area contributed by atoms with Gasteiger partial charge in [-0.3, -0.25) is 4.84 Å². The fourth-order valence-corrected chi connectivity index (χ4v) is 2.09. The molecule has 0 aromatic rings. The van der Waals surface area contributed by atoms with Gasteiger partial charge < -0.3 is 5.32 Å². The van der Waals surface area contributed by atoms with Crippen LogP contribution in [0.25, 0.3) is 0 Å². The van der Waals surface area contributed by atoms with Crippen molar-refractivity contribution in [2.45, 2.75) is 44.3 Å². The van der Waals surface area contributed by atoms with E-state index in [1.165, 1.54) is 5.06 Å². The zero-order chi connectivity index (χ0) is 10.7. The maximum absolute atomic E-state index is 13.4. The highest BCUT2D eigenvalue weighted by atomic mass is 19.1. The Morgan fingerprint density at radius 3 is 2.80 bits per heavy atom. The molecule has 1 aliphatic carbocycles. The summed E-state index contributed by atoms with van der Waals surface area (Å²) in [5.74, 6) is 0. The van der Waals surface area contributed by atoms with Gasteiger partial charge in [-0.25, -0.2) is 14.2 Å². The first-order valence-electron chi connectivity index (χ1n) is 5.62. The quantitative estimate of drug-likeness (QED) is 0.723. The molecule has 1 aliphatic heterocycles. The molecule has 2 fully saturated rings. The first-order valence-corrected chi connectivity index (χ1v) is 5.62. The van der Waals surface area contributed by atoms with Gasteiger partial charge in [-0.1, -0.05) is 12.8 Å². The van der Waals surface area contributed by atoms with Crippen LogP contribution >= 0.6 is 0 Å². The maximum atomic E-state index is 13.4. The van der Waals surface area contributed by atoms with Gasteiger partial charge in [-0.05, 0) is 19.3 Å². The standard InChI is InChI=1S/C10H17FN2O2/c11-8-4-1-2-5-9(8)12-10(14)13-6-3-7-15-13/h8-9H,1-7H2,(H,12,14)/t8-,9-/m1/s1. The Morgan fingerprint density at radius 1 is 1.33 bits per heavy atom. The van der Waals surface area contributed by atoms with Gasteiger partial charge in [0.1, 0.15) is 6.17 Å². The van der Waals surface area contributed by atoms with Crippen molar-refractivity contribution in [1.29, 1.82) is 0 Å². The molecule has 2 atom stereocenters. The molecule has 1 N–H and O–H groups in total. The molecule has 0 bridgehead atoms. The van der Waals surface area contributed by atoms with Gasteiger partial charge in [0.05, 0.1) is 19.2 Å². The van der Waals surface area contributed by atoms with Crippen molar-refractivity contribution < 1.29 is 14.0 Å². The topological polar surface area (TPSA) is 41.6 Å². The van der Waals surface area contributed by atoms with E-state index >= 15 is 0 Å². The Hall–Kier alpha value is -0.840. The molecule has 1 heterocycles. The van der Waals surface area contributed by atoms with Crippen LogP contribution in [0.4, 0.5) is 9.18 Å². The number of urea groups is 1. The Balaban J connectivity index is 1.81. The zero-order valence-electron chi connectivity index (χ0n) is 8.75. The molecular formula is C10H17FN2O2. The number of hydrogen-bond donors (Lipinski definition) is 1. The van der Waals surface area contributed by atoms with Gasteiger partial charge in [0.2, 0.25) is 0 Å². The minimum Gasteiger partial charge on any atom is -0.331 e. The number of carbonyl (C=O) groups is 1. The summed E-state index contributed by atoms with van der Waals surface area (Å²) in [7, 11) is 0. The molecule has 2 amide bonds. The lowest BCUT2D eigenvalue weighted by molar-refractivity contribution is -0.0680. The number of alkyl halides is 1. The molecular weight excluding hydrogens is 199 g/mol. The van der Waals surface area contributed by atoms with Crippen molar-refractivity contribution in [3.63, 3.8) is 0 Å². The third kappa shape index (κ3) is 2.59. The summed E-state index contributed by atoms with van der Waals surface area (Å²) in [5, 5.41) is 3.99. The summed E-state index contributed by atoms with van der Waals surface area (Å²) in [6, 6.07) is -0.613. The molecule has 1 saturated heterocycles. The highest BCUT2D eigenvalue weighted by Crippen LogP contribution is 2.21. The predicted molar refractivity (Wildman–Crippen MR) is 53.0 cm³/mol. The first kappa shape index (κ1) is 10.7. The lowest BCUT2D eigenvalue weighted by Crippen LogP contribution is -2.48. The van der Waals surface area contributed by atoms with Gasteiger partial charge in [0, 0.05) is 0 Å². The first-order chi connectivity index (χ1) is 7.27. The lowest BCUT2D eigenvalue weighted by atomic mass is 9.94. The normalized spacial score (nSPS) is 31.7. The highest BCUT2D eigenvalue weighted by Gasteiger charge is 2.28. The van der Waals surface area contributed by atoms with Crippen LogP contribution in [-0.2, 0) is 4.84 Å². The van der Waals surface area contributed by atoms with Crippen LogP contribution in [0.2, 0.25) is 0 Å². The third-order valence-electron chi connectivity index (χ3n) is 2.97. The average molecular weight is 216 g/mol. The molecule has 0 unspecified atom stereocenters. The lowest BCUT2D eigenvalue weighted by Gasteiger charge is -2.28. The van der Waals surface area contributed by atoms with Gasteiger partial charge in [0.15, 0.2) is 0 Å². The van der Waals surface area contributed by atoms with E-state index in [2.05, 4.69) is 5.32 Å². The number of rotatable bonds is 1. The van der Waals surface area contributed by atoms with Crippen LogP contribution in [-0.4, -0.2) is 36.5 Å². The van der Waals surface area contributed by atoms with Crippen LogP contribution in [0.1, 0.15) is 32.1 Å². The van der Waals surface area contributed by atoms with Crippen LogP contribution in [0.3, 0.4) is 0 Å². The number of halogens is 1. The van der Waals surface area contributed by atoms with Gasteiger partial charge in [-0.15, -0.1) is 0 Å². The SMILES string of the molecule is O=C(N[C@@H]1CCCC[C@H]1F)N1CCCO1. The van der Waals surface area contributed by atoms with Gasteiger partial charge in [0.25, 0.3) is 0 Å². The van der Waals surface area contributed by atoms with Crippen molar-refractivity contribution in [1.82, 2.24) is 10.4 Å². The minimum atomic E-state index is -0.898.